The fraction of sp³-hybridized carbons (Fsp3) is 0.923. The Morgan fingerprint density at radius 1 is 1.22 bits per heavy atom. The molecule has 1 atom stereocenters. The molecule has 18 heavy (non-hydrogen) atoms. The molecule has 2 aliphatic rings. The van der Waals surface area contributed by atoms with Gasteiger partial charge in [0.05, 0.1) is 6.54 Å². The molecule has 2 N–H and O–H groups in total. The minimum atomic E-state index is 0.283. The number of amides is 1. The van der Waals surface area contributed by atoms with E-state index in [0.29, 0.717) is 18.6 Å². The molecule has 0 bridgehead atoms. The second-order valence-electron chi connectivity index (χ2n) is 5.81. The molecule has 0 radical (unpaired) electrons. The maximum Gasteiger partial charge on any atom is 0.237 e. The van der Waals surface area contributed by atoms with Crippen LogP contribution in [-0.4, -0.2) is 79.0 Å². The molecule has 1 unspecified atom stereocenters. The third-order valence-corrected chi connectivity index (χ3v) is 4.14. The highest BCUT2D eigenvalue weighted by Crippen LogP contribution is 2.11. The average molecular weight is 254 g/mol. The van der Waals surface area contributed by atoms with Crippen LogP contribution < -0.4 is 5.73 Å². The van der Waals surface area contributed by atoms with Crippen LogP contribution in [0, 0.1) is 0 Å². The van der Waals surface area contributed by atoms with Gasteiger partial charge in [-0.1, -0.05) is 0 Å². The van der Waals surface area contributed by atoms with Gasteiger partial charge in [0.25, 0.3) is 0 Å². The van der Waals surface area contributed by atoms with E-state index in [9.17, 15) is 4.79 Å². The molecule has 0 aliphatic carbocycles. The molecule has 5 heteroatoms. The number of carbonyl (C=O) groups is 1. The molecule has 2 fully saturated rings. The quantitative estimate of drug-likeness (QED) is 0.727. The molecule has 2 aliphatic heterocycles. The zero-order valence-electron chi connectivity index (χ0n) is 11.6. The summed E-state index contributed by atoms with van der Waals surface area (Å²) < 4.78 is 0. The smallest absolute Gasteiger partial charge is 0.237 e. The Bertz CT molecular complexity index is 289. The van der Waals surface area contributed by atoms with Crippen LogP contribution in [0.2, 0.25) is 0 Å². The summed E-state index contributed by atoms with van der Waals surface area (Å²) in [6.45, 7) is 7.48. The number of hydrogen-bond donors (Lipinski definition) is 1. The first-order valence-electron chi connectivity index (χ1n) is 7.02. The molecule has 1 amide bonds. The lowest BCUT2D eigenvalue weighted by Crippen LogP contribution is -2.55. The number of hydrogen-bond acceptors (Lipinski definition) is 4. The van der Waals surface area contributed by atoms with Gasteiger partial charge in [0.1, 0.15) is 0 Å². The number of nitrogens with zero attached hydrogens (tertiary/aromatic N) is 3. The summed E-state index contributed by atoms with van der Waals surface area (Å²) in [5, 5.41) is 0. The largest absolute Gasteiger partial charge is 0.336 e. The molecule has 104 valence electrons. The lowest BCUT2D eigenvalue weighted by molar-refractivity contribution is -0.136. The van der Waals surface area contributed by atoms with Crippen LogP contribution in [0.1, 0.15) is 19.8 Å². The Balaban J connectivity index is 1.80. The highest BCUT2D eigenvalue weighted by molar-refractivity contribution is 5.78. The molecule has 0 aromatic carbocycles. The highest BCUT2D eigenvalue weighted by Gasteiger charge is 2.27. The number of carbonyl (C=O) groups excluding carboxylic acids is 1. The van der Waals surface area contributed by atoms with Crippen molar-refractivity contribution >= 4 is 5.91 Å². The van der Waals surface area contributed by atoms with Crippen molar-refractivity contribution in [3.8, 4) is 0 Å². The molecule has 2 rings (SSSR count). The maximum atomic E-state index is 12.3. The van der Waals surface area contributed by atoms with E-state index in [1.54, 1.807) is 0 Å². The highest BCUT2D eigenvalue weighted by atomic mass is 16.2. The number of likely N-dealkylation sites (tertiary alicyclic amines) is 1. The van der Waals surface area contributed by atoms with Crippen LogP contribution in [0.15, 0.2) is 0 Å². The first kappa shape index (κ1) is 13.8. The van der Waals surface area contributed by atoms with E-state index < -0.39 is 0 Å². The van der Waals surface area contributed by atoms with Gasteiger partial charge in [0.2, 0.25) is 5.91 Å². The van der Waals surface area contributed by atoms with E-state index in [-0.39, 0.29) is 5.91 Å². The van der Waals surface area contributed by atoms with Crippen molar-refractivity contribution in [2.24, 2.45) is 5.73 Å². The van der Waals surface area contributed by atoms with Gasteiger partial charge in [-0.2, -0.15) is 0 Å². The van der Waals surface area contributed by atoms with Crippen molar-refractivity contribution in [3.63, 3.8) is 0 Å². The van der Waals surface area contributed by atoms with Crippen LogP contribution in [0.5, 0.6) is 0 Å². The Labute approximate surface area is 110 Å². The number of piperazine rings is 1. The summed E-state index contributed by atoms with van der Waals surface area (Å²) in [5.41, 5.74) is 5.88. The lowest BCUT2D eigenvalue weighted by Gasteiger charge is -2.39. The van der Waals surface area contributed by atoms with Crippen LogP contribution in [-0.2, 0) is 4.79 Å². The summed E-state index contributed by atoms with van der Waals surface area (Å²) >= 11 is 0. The van der Waals surface area contributed by atoms with Crippen molar-refractivity contribution in [1.82, 2.24) is 14.7 Å². The Morgan fingerprint density at radius 3 is 2.50 bits per heavy atom. The Hall–Kier alpha value is -0.650. The molecule has 0 aromatic heterocycles. The SMILES string of the molecule is CC1CN(C)CCN1C(=O)CN1CCC(N)CC1. The van der Waals surface area contributed by atoms with E-state index in [4.69, 9.17) is 5.73 Å². The van der Waals surface area contributed by atoms with Gasteiger partial charge < -0.3 is 15.5 Å². The van der Waals surface area contributed by atoms with E-state index >= 15 is 0 Å². The molecule has 2 heterocycles. The number of nitrogens with two attached hydrogens (primary N) is 1. The van der Waals surface area contributed by atoms with Crippen molar-refractivity contribution in [2.45, 2.75) is 31.8 Å². The summed E-state index contributed by atoms with van der Waals surface area (Å²) in [5.74, 6) is 0.283. The third kappa shape index (κ3) is 3.43. The topological polar surface area (TPSA) is 52.8 Å². The molecule has 0 aromatic rings. The molecule has 5 nitrogen and oxygen atoms in total. The zero-order valence-corrected chi connectivity index (χ0v) is 11.6. The summed E-state index contributed by atoms with van der Waals surface area (Å²) in [4.78, 5) is 18.9. The summed E-state index contributed by atoms with van der Waals surface area (Å²) in [7, 11) is 2.12. The summed E-state index contributed by atoms with van der Waals surface area (Å²) in [6, 6.07) is 0.669. The standard InChI is InChI=1S/C13H26N4O/c1-11-9-15(2)7-8-17(11)13(18)10-16-5-3-12(14)4-6-16/h11-12H,3-10,14H2,1-2H3. The van der Waals surface area contributed by atoms with E-state index in [1.165, 1.54) is 0 Å². The normalized spacial score (nSPS) is 28.6. The fourth-order valence-electron chi connectivity index (χ4n) is 2.90. The van der Waals surface area contributed by atoms with Crippen LogP contribution in [0.25, 0.3) is 0 Å². The first-order chi connectivity index (χ1) is 8.56. The summed E-state index contributed by atoms with van der Waals surface area (Å²) in [6.07, 6.45) is 2.04. The second-order valence-corrected chi connectivity index (χ2v) is 5.81. The predicted octanol–water partition coefficient (Wildman–Crippen LogP) is -0.428. The Morgan fingerprint density at radius 2 is 1.89 bits per heavy atom. The number of likely N-dealkylation sites (N-methyl/N-ethyl adjacent to an activating group) is 1. The van der Waals surface area contributed by atoms with Gasteiger partial charge in [-0.15, -0.1) is 0 Å². The molecular weight excluding hydrogens is 228 g/mol. The number of rotatable bonds is 2. The van der Waals surface area contributed by atoms with E-state index in [0.717, 1.165) is 45.6 Å². The average Bonchev–Trinajstić information content (AvgIpc) is 2.32. The van der Waals surface area contributed by atoms with Gasteiger partial charge in [-0.3, -0.25) is 9.69 Å². The van der Waals surface area contributed by atoms with Gasteiger partial charge in [0, 0.05) is 44.8 Å². The van der Waals surface area contributed by atoms with E-state index in [2.05, 4.69) is 23.8 Å². The van der Waals surface area contributed by atoms with E-state index in [1.807, 2.05) is 4.90 Å². The van der Waals surface area contributed by atoms with Gasteiger partial charge >= 0.3 is 0 Å². The second kappa shape index (κ2) is 5.99. The van der Waals surface area contributed by atoms with Gasteiger partial charge in [-0.25, -0.2) is 0 Å². The van der Waals surface area contributed by atoms with Crippen molar-refractivity contribution < 1.29 is 4.79 Å². The van der Waals surface area contributed by atoms with Gasteiger partial charge in [-0.05, 0) is 26.8 Å². The maximum absolute atomic E-state index is 12.3. The van der Waals surface area contributed by atoms with Gasteiger partial charge in [0.15, 0.2) is 0 Å². The predicted molar refractivity (Wildman–Crippen MR) is 72.3 cm³/mol. The number of piperidine rings is 1. The van der Waals surface area contributed by atoms with Crippen molar-refractivity contribution in [2.75, 3.05) is 46.3 Å². The van der Waals surface area contributed by atoms with Crippen LogP contribution >= 0.6 is 0 Å². The Kier molecular flexibility index (Phi) is 4.59. The fourth-order valence-corrected chi connectivity index (χ4v) is 2.90. The first-order valence-corrected chi connectivity index (χ1v) is 7.02. The molecule has 0 saturated carbocycles. The van der Waals surface area contributed by atoms with Crippen molar-refractivity contribution in [3.05, 3.63) is 0 Å². The van der Waals surface area contributed by atoms with Crippen LogP contribution in [0.3, 0.4) is 0 Å². The third-order valence-electron chi connectivity index (χ3n) is 4.14. The molecule has 2 saturated heterocycles. The molecule has 0 spiro atoms. The van der Waals surface area contributed by atoms with Crippen molar-refractivity contribution in [1.29, 1.82) is 0 Å². The minimum absolute atomic E-state index is 0.283. The zero-order chi connectivity index (χ0) is 13.1. The minimum Gasteiger partial charge on any atom is -0.336 e. The lowest BCUT2D eigenvalue weighted by atomic mass is 10.1. The van der Waals surface area contributed by atoms with Crippen LogP contribution in [0.4, 0.5) is 0 Å². The molecular formula is C13H26N4O. The monoisotopic (exact) mass is 254 g/mol.